The van der Waals surface area contributed by atoms with Gasteiger partial charge in [0.15, 0.2) is 0 Å². The number of aliphatic hydroxyl groups excluding tert-OH is 1. The Kier molecular flexibility index (Phi) is 7.18. The molecule has 0 bridgehead atoms. The second kappa shape index (κ2) is 9.81. The maximum atomic E-state index is 12.4. The minimum Gasteiger partial charge on any atom is -0.481 e. The maximum absolute atomic E-state index is 12.4. The number of hydrogen-bond acceptors (Lipinski definition) is 4. The predicted molar refractivity (Wildman–Crippen MR) is 117 cm³/mol. The van der Waals surface area contributed by atoms with Crippen LogP contribution in [0.5, 0.6) is 0 Å². The Morgan fingerprint density at radius 1 is 1.31 bits per heavy atom. The van der Waals surface area contributed by atoms with Gasteiger partial charge in [0.25, 0.3) is 0 Å². The van der Waals surface area contributed by atoms with E-state index >= 15 is 0 Å². The molecule has 0 aliphatic heterocycles. The van der Waals surface area contributed by atoms with Gasteiger partial charge in [0.2, 0.25) is 0 Å². The lowest BCUT2D eigenvalue weighted by atomic mass is 9.89. The van der Waals surface area contributed by atoms with Crippen LogP contribution >= 0.6 is 11.3 Å². The van der Waals surface area contributed by atoms with E-state index in [2.05, 4.69) is 6.58 Å². The standard InChI is InChI=1S/C24H26O4S/c1-16-14-21(26)19(18(16)9-4-2-3-5-11-24(27)28)12-13-20(25)23-15-17-8-6-7-10-22(17)29-23/h2,4,6-8,10,12-13,15,18-20,25H,1,3,5,9,11,14H2,(H,27,28)/t18-,19+,20+/m0/s1. The fourth-order valence-corrected chi connectivity index (χ4v) is 4.74. The van der Waals surface area contributed by atoms with Gasteiger partial charge in [0.05, 0.1) is 0 Å². The van der Waals surface area contributed by atoms with E-state index in [0.717, 1.165) is 20.5 Å². The van der Waals surface area contributed by atoms with Crippen molar-refractivity contribution in [3.63, 3.8) is 0 Å². The molecule has 0 spiro atoms. The maximum Gasteiger partial charge on any atom is 0.303 e. The first-order valence-electron chi connectivity index (χ1n) is 9.87. The normalized spacial score (nSPS) is 21.0. The molecular weight excluding hydrogens is 384 g/mol. The third-order valence-corrected chi connectivity index (χ3v) is 6.47. The van der Waals surface area contributed by atoms with E-state index < -0.39 is 12.1 Å². The zero-order chi connectivity index (χ0) is 20.8. The van der Waals surface area contributed by atoms with E-state index in [1.807, 2.05) is 48.6 Å². The summed E-state index contributed by atoms with van der Waals surface area (Å²) < 4.78 is 1.13. The lowest BCUT2D eigenvalue weighted by Gasteiger charge is -2.14. The molecule has 5 heteroatoms. The molecule has 152 valence electrons. The smallest absolute Gasteiger partial charge is 0.303 e. The Bertz CT molecular complexity index is 920. The monoisotopic (exact) mass is 410 g/mol. The Balaban J connectivity index is 1.62. The zero-order valence-electron chi connectivity index (χ0n) is 16.3. The highest BCUT2D eigenvalue weighted by Crippen LogP contribution is 2.37. The van der Waals surface area contributed by atoms with Crippen LogP contribution in [-0.4, -0.2) is 22.0 Å². The summed E-state index contributed by atoms with van der Waals surface area (Å²) in [6.45, 7) is 4.06. The van der Waals surface area contributed by atoms with Crippen LogP contribution in [0.4, 0.5) is 0 Å². The van der Waals surface area contributed by atoms with Crippen molar-refractivity contribution >= 4 is 33.2 Å². The quantitative estimate of drug-likeness (QED) is 0.426. The number of aliphatic hydroxyl groups is 1. The number of carboxylic acids is 1. The Morgan fingerprint density at radius 3 is 2.86 bits per heavy atom. The van der Waals surface area contributed by atoms with Crippen molar-refractivity contribution in [2.45, 2.75) is 38.2 Å². The van der Waals surface area contributed by atoms with Crippen LogP contribution in [0.2, 0.25) is 0 Å². The van der Waals surface area contributed by atoms with Crippen molar-refractivity contribution in [2.24, 2.45) is 11.8 Å². The van der Waals surface area contributed by atoms with E-state index in [9.17, 15) is 14.7 Å². The van der Waals surface area contributed by atoms with Crippen molar-refractivity contribution in [3.8, 4) is 0 Å². The molecule has 2 N–H and O–H groups in total. The molecule has 0 saturated heterocycles. The summed E-state index contributed by atoms with van der Waals surface area (Å²) in [5.74, 6) is -0.881. The van der Waals surface area contributed by atoms with Crippen molar-refractivity contribution in [1.82, 2.24) is 0 Å². The molecule has 1 aromatic heterocycles. The number of carboxylic acid groups (broad SMARTS) is 1. The number of carbonyl (C=O) groups excluding carboxylic acids is 1. The number of rotatable bonds is 9. The van der Waals surface area contributed by atoms with E-state index in [1.165, 1.54) is 0 Å². The molecule has 2 aromatic rings. The summed E-state index contributed by atoms with van der Waals surface area (Å²) in [5.41, 5.74) is 0.927. The Morgan fingerprint density at radius 2 is 2.10 bits per heavy atom. The molecule has 0 radical (unpaired) electrons. The van der Waals surface area contributed by atoms with E-state index in [-0.39, 0.29) is 24.0 Å². The number of fused-ring (bicyclic) bond motifs is 1. The van der Waals surface area contributed by atoms with Crippen LogP contribution in [0.3, 0.4) is 0 Å². The van der Waals surface area contributed by atoms with E-state index in [4.69, 9.17) is 5.11 Å². The number of thiophene rings is 1. The number of aliphatic carboxylic acids is 1. The highest BCUT2D eigenvalue weighted by molar-refractivity contribution is 7.19. The molecule has 1 fully saturated rings. The predicted octanol–water partition coefficient (Wildman–Crippen LogP) is 5.45. The van der Waals surface area contributed by atoms with Gasteiger partial charge in [-0.3, -0.25) is 9.59 Å². The molecule has 29 heavy (non-hydrogen) atoms. The summed E-state index contributed by atoms with van der Waals surface area (Å²) >= 11 is 1.56. The molecule has 1 heterocycles. The molecule has 1 aromatic carbocycles. The summed E-state index contributed by atoms with van der Waals surface area (Å²) in [6, 6.07) is 10.00. The number of hydrogen-bond donors (Lipinski definition) is 2. The fraction of sp³-hybridized carbons (Fsp3) is 0.333. The van der Waals surface area contributed by atoms with Crippen LogP contribution in [0.25, 0.3) is 10.1 Å². The Labute approximate surface area is 174 Å². The lowest BCUT2D eigenvalue weighted by Crippen LogP contribution is -2.12. The molecule has 1 aliphatic carbocycles. The molecule has 0 amide bonds. The van der Waals surface area contributed by atoms with Gasteiger partial charge < -0.3 is 10.2 Å². The first-order chi connectivity index (χ1) is 14.0. The number of unbranched alkanes of at least 4 members (excludes halogenated alkanes) is 1. The van der Waals surface area contributed by atoms with Gasteiger partial charge in [-0.05, 0) is 42.7 Å². The summed E-state index contributed by atoms with van der Waals surface area (Å²) in [7, 11) is 0. The van der Waals surface area contributed by atoms with Crippen molar-refractivity contribution in [1.29, 1.82) is 0 Å². The van der Waals surface area contributed by atoms with Gasteiger partial charge >= 0.3 is 5.97 Å². The lowest BCUT2D eigenvalue weighted by molar-refractivity contribution is -0.137. The van der Waals surface area contributed by atoms with E-state index in [0.29, 0.717) is 25.7 Å². The minimum atomic E-state index is -0.782. The third kappa shape index (κ3) is 5.52. The van der Waals surface area contributed by atoms with Crippen LogP contribution in [-0.2, 0) is 9.59 Å². The third-order valence-electron chi connectivity index (χ3n) is 5.29. The molecule has 0 unspecified atom stereocenters. The molecule has 3 atom stereocenters. The average Bonchev–Trinajstić information content (AvgIpc) is 3.23. The van der Waals surface area contributed by atoms with Gasteiger partial charge in [0.1, 0.15) is 11.9 Å². The number of carbonyl (C=O) groups is 2. The zero-order valence-corrected chi connectivity index (χ0v) is 17.1. The van der Waals surface area contributed by atoms with Crippen LogP contribution in [0.15, 0.2) is 66.8 Å². The first-order valence-corrected chi connectivity index (χ1v) is 10.7. The summed E-state index contributed by atoms with van der Waals surface area (Å²) in [5, 5.41) is 20.3. The topological polar surface area (TPSA) is 74.6 Å². The van der Waals surface area contributed by atoms with Crippen LogP contribution in [0, 0.1) is 11.8 Å². The minimum absolute atomic E-state index is 0.0316. The molecule has 4 nitrogen and oxygen atoms in total. The van der Waals surface area contributed by atoms with Crippen molar-refractivity contribution < 1.29 is 19.8 Å². The second-order valence-electron chi connectivity index (χ2n) is 7.44. The van der Waals surface area contributed by atoms with Crippen molar-refractivity contribution in [3.05, 3.63) is 71.7 Å². The molecule has 1 aliphatic rings. The average molecular weight is 411 g/mol. The van der Waals surface area contributed by atoms with Gasteiger partial charge in [-0.1, -0.05) is 54.7 Å². The molecule has 3 rings (SSSR count). The SMILES string of the molecule is C=C1CC(=O)[C@H](C=C[C@@H](O)c2cc3ccccc3s2)[C@H]1CC=CCCCC(=O)O. The fourth-order valence-electron chi connectivity index (χ4n) is 3.71. The Hall–Kier alpha value is -2.50. The first kappa shape index (κ1) is 21.2. The number of ketones is 1. The summed E-state index contributed by atoms with van der Waals surface area (Å²) in [4.78, 5) is 23.8. The van der Waals surface area contributed by atoms with Gasteiger partial charge in [-0.2, -0.15) is 0 Å². The van der Waals surface area contributed by atoms with Gasteiger partial charge in [0, 0.05) is 28.3 Å². The van der Waals surface area contributed by atoms with Gasteiger partial charge in [-0.25, -0.2) is 0 Å². The number of allylic oxidation sites excluding steroid dienone is 4. The highest BCUT2D eigenvalue weighted by Gasteiger charge is 2.34. The van der Waals surface area contributed by atoms with Crippen molar-refractivity contribution in [2.75, 3.05) is 0 Å². The number of Topliss-reactive ketones (excluding diaryl/α,β-unsaturated/α-hetero) is 1. The molecule has 1 saturated carbocycles. The van der Waals surface area contributed by atoms with E-state index in [1.54, 1.807) is 17.4 Å². The second-order valence-corrected chi connectivity index (χ2v) is 8.56. The largest absolute Gasteiger partial charge is 0.481 e. The number of benzene rings is 1. The molecular formula is C24H26O4S. The summed E-state index contributed by atoms with van der Waals surface area (Å²) in [6.07, 6.45) is 9.38. The van der Waals surface area contributed by atoms with Crippen LogP contribution in [0.1, 0.15) is 43.1 Å². The van der Waals surface area contributed by atoms with Gasteiger partial charge in [-0.15, -0.1) is 11.3 Å². The highest BCUT2D eigenvalue weighted by atomic mass is 32.1. The van der Waals surface area contributed by atoms with Crippen LogP contribution < -0.4 is 0 Å².